The lowest BCUT2D eigenvalue weighted by molar-refractivity contribution is -0.124. The third-order valence-electron chi connectivity index (χ3n) is 6.82. The van der Waals surface area contributed by atoms with Crippen molar-refractivity contribution in [2.75, 3.05) is 51.8 Å². The molecule has 43 heavy (non-hydrogen) atoms. The van der Waals surface area contributed by atoms with Gasteiger partial charge in [0.05, 0.1) is 18.7 Å². The highest BCUT2D eigenvalue weighted by Gasteiger charge is 2.17. The standard InChI is InChI=1S/C31H34N6O6/c1-3-41-14-15-42-26-18-25-23(9-12-37(25)31(40)32-2)16-27(26)43-24-8-10-33-28(17-24)35-30(39)22-6-4-21(5-7-22)19-36-13-11-34-29(38)20-36/h4-10,12,16-18H,3,11,13-15,19-20H2,1-2H3,(H,32,40)(H,34,38)(H,33,35,39). The largest absolute Gasteiger partial charge is 0.487 e. The monoisotopic (exact) mass is 586 g/mol. The number of hydrogen-bond donors (Lipinski definition) is 3. The molecular formula is C31H34N6O6. The van der Waals surface area contributed by atoms with E-state index >= 15 is 0 Å². The Hall–Kier alpha value is -4.94. The molecule has 0 unspecified atom stereocenters. The fourth-order valence-corrected chi connectivity index (χ4v) is 4.69. The number of carbonyl (C=O) groups excluding carboxylic acids is 3. The number of nitrogens with one attached hydrogen (secondary N) is 3. The van der Waals surface area contributed by atoms with Crippen molar-refractivity contribution in [3.05, 3.63) is 78.1 Å². The van der Waals surface area contributed by atoms with Crippen molar-refractivity contribution >= 4 is 34.6 Å². The highest BCUT2D eigenvalue weighted by Crippen LogP contribution is 2.36. The normalized spacial score (nSPS) is 13.4. The van der Waals surface area contributed by atoms with Crippen LogP contribution in [0.15, 0.2) is 67.0 Å². The molecule has 1 aliphatic heterocycles. The maximum absolute atomic E-state index is 13.0. The number of amides is 3. The molecule has 3 amide bonds. The zero-order valence-electron chi connectivity index (χ0n) is 24.1. The Morgan fingerprint density at radius 1 is 1.05 bits per heavy atom. The fraction of sp³-hybridized carbons (Fsp3) is 0.290. The molecule has 1 saturated heterocycles. The van der Waals surface area contributed by atoms with Crippen molar-refractivity contribution in [2.24, 2.45) is 0 Å². The summed E-state index contributed by atoms with van der Waals surface area (Å²) in [6, 6.07) is 15.7. The summed E-state index contributed by atoms with van der Waals surface area (Å²) in [7, 11) is 1.57. The van der Waals surface area contributed by atoms with Gasteiger partial charge in [0, 0.05) is 68.8 Å². The zero-order valence-corrected chi connectivity index (χ0v) is 24.1. The first-order chi connectivity index (χ1) is 20.9. The van der Waals surface area contributed by atoms with Gasteiger partial charge < -0.3 is 30.2 Å². The van der Waals surface area contributed by atoms with Crippen molar-refractivity contribution in [1.29, 1.82) is 0 Å². The van der Waals surface area contributed by atoms with Crippen LogP contribution in [0.1, 0.15) is 22.8 Å². The predicted octanol–water partition coefficient (Wildman–Crippen LogP) is 3.62. The number of pyridine rings is 1. The van der Waals surface area contributed by atoms with E-state index in [0.29, 0.717) is 73.6 Å². The molecule has 2 aromatic heterocycles. The number of rotatable bonds is 11. The Labute approximate surface area is 248 Å². The summed E-state index contributed by atoms with van der Waals surface area (Å²) in [4.78, 5) is 43.2. The average Bonchev–Trinajstić information content (AvgIpc) is 3.42. The second kappa shape index (κ2) is 13.8. The van der Waals surface area contributed by atoms with Crippen LogP contribution in [-0.2, 0) is 16.1 Å². The minimum absolute atomic E-state index is 0.0203. The molecule has 0 atom stereocenters. The lowest BCUT2D eigenvalue weighted by Crippen LogP contribution is -2.47. The molecule has 1 aliphatic rings. The zero-order chi connectivity index (χ0) is 30.2. The van der Waals surface area contributed by atoms with Crippen LogP contribution in [0.25, 0.3) is 10.9 Å². The summed E-state index contributed by atoms with van der Waals surface area (Å²) >= 11 is 0. The van der Waals surface area contributed by atoms with Crippen molar-refractivity contribution < 1.29 is 28.6 Å². The molecule has 5 rings (SSSR count). The third kappa shape index (κ3) is 7.48. The van der Waals surface area contributed by atoms with Gasteiger partial charge in [-0.1, -0.05) is 12.1 Å². The molecule has 0 radical (unpaired) electrons. The first-order valence-electron chi connectivity index (χ1n) is 14.0. The minimum Gasteiger partial charge on any atom is -0.487 e. The van der Waals surface area contributed by atoms with E-state index in [-0.39, 0.29) is 17.8 Å². The van der Waals surface area contributed by atoms with Gasteiger partial charge in [-0.2, -0.15) is 0 Å². The maximum Gasteiger partial charge on any atom is 0.325 e. The fourth-order valence-electron chi connectivity index (χ4n) is 4.69. The lowest BCUT2D eigenvalue weighted by Gasteiger charge is -2.26. The minimum atomic E-state index is -0.314. The average molecular weight is 587 g/mol. The quantitative estimate of drug-likeness (QED) is 0.227. The summed E-state index contributed by atoms with van der Waals surface area (Å²) in [6.07, 6.45) is 3.22. The highest BCUT2D eigenvalue weighted by molar-refractivity contribution is 6.03. The van der Waals surface area contributed by atoms with E-state index in [4.69, 9.17) is 14.2 Å². The van der Waals surface area contributed by atoms with Gasteiger partial charge in [-0.15, -0.1) is 0 Å². The molecule has 1 fully saturated rings. The molecular weight excluding hydrogens is 552 g/mol. The van der Waals surface area contributed by atoms with E-state index in [1.165, 1.54) is 4.57 Å². The second-order valence-electron chi connectivity index (χ2n) is 9.83. The van der Waals surface area contributed by atoms with Gasteiger partial charge in [0.2, 0.25) is 5.91 Å². The van der Waals surface area contributed by atoms with Crippen LogP contribution in [0.4, 0.5) is 10.6 Å². The summed E-state index contributed by atoms with van der Waals surface area (Å²) in [6.45, 7) is 5.59. The van der Waals surface area contributed by atoms with Crippen LogP contribution in [-0.4, -0.2) is 78.8 Å². The summed E-state index contributed by atoms with van der Waals surface area (Å²) < 4.78 is 19.1. The van der Waals surface area contributed by atoms with Gasteiger partial charge >= 0.3 is 6.03 Å². The van der Waals surface area contributed by atoms with Gasteiger partial charge in [-0.3, -0.25) is 19.1 Å². The molecule has 0 aliphatic carbocycles. The van der Waals surface area contributed by atoms with Crippen LogP contribution >= 0.6 is 0 Å². The molecule has 12 heteroatoms. The van der Waals surface area contributed by atoms with Crippen LogP contribution in [0.2, 0.25) is 0 Å². The topological polar surface area (TPSA) is 136 Å². The molecule has 2 aromatic carbocycles. The first-order valence-corrected chi connectivity index (χ1v) is 14.0. The number of ether oxygens (including phenoxy) is 3. The van der Waals surface area contributed by atoms with Crippen LogP contribution in [0.5, 0.6) is 17.2 Å². The van der Waals surface area contributed by atoms with Gasteiger partial charge in [0.1, 0.15) is 18.2 Å². The molecule has 224 valence electrons. The van der Waals surface area contributed by atoms with Crippen molar-refractivity contribution in [2.45, 2.75) is 13.5 Å². The summed E-state index contributed by atoms with van der Waals surface area (Å²) in [5.74, 6) is 1.33. The van der Waals surface area contributed by atoms with Crippen molar-refractivity contribution in [3.8, 4) is 17.2 Å². The van der Waals surface area contributed by atoms with Gasteiger partial charge in [-0.25, -0.2) is 9.78 Å². The Morgan fingerprint density at radius 3 is 2.65 bits per heavy atom. The number of carbonyl (C=O) groups is 3. The second-order valence-corrected chi connectivity index (χ2v) is 9.83. The van der Waals surface area contributed by atoms with Crippen molar-refractivity contribution in [1.82, 2.24) is 25.1 Å². The number of hydrogen-bond acceptors (Lipinski definition) is 8. The highest BCUT2D eigenvalue weighted by atomic mass is 16.5. The predicted molar refractivity (Wildman–Crippen MR) is 161 cm³/mol. The maximum atomic E-state index is 13.0. The molecule has 4 aromatic rings. The molecule has 3 N–H and O–H groups in total. The number of anilines is 1. The summed E-state index contributed by atoms with van der Waals surface area (Å²) in [5.41, 5.74) is 2.15. The van der Waals surface area contributed by atoms with Crippen LogP contribution < -0.4 is 25.4 Å². The van der Waals surface area contributed by atoms with E-state index in [9.17, 15) is 14.4 Å². The van der Waals surface area contributed by atoms with E-state index < -0.39 is 0 Å². The van der Waals surface area contributed by atoms with Gasteiger partial charge in [0.15, 0.2) is 11.5 Å². The van der Waals surface area contributed by atoms with E-state index in [1.807, 2.05) is 25.1 Å². The lowest BCUT2D eigenvalue weighted by atomic mass is 10.1. The molecule has 3 heterocycles. The Kier molecular flexibility index (Phi) is 9.49. The van der Waals surface area contributed by atoms with Crippen molar-refractivity contribution in [3.63, 3.8) is 0 Å². The van der Waals surface area contributed by atoms with Crippen LogP contribution in [0, 0.1) is 0 Å². The number of fused-ring (bicyclic) bond motifs is 1. The Bertz CT molecular complexity index is 1600. The number of piperazine rings is 1. The van der Waals surface area contributed by atoms with E-state index in [2.05, 4.69) is 25.8 Å². The van der Waals surface area contributed by atoms with E-state index in [1.54, 1.807) is 55.8 Å². The van der Waals surface area contributed by atoms with Crippen LogP contribution in [0.3, 0.4) is 0 Å². The van der Waals surface area contributed by atoms with Gasteiger partial charge in [-0.05, 0) is 42.8 Å². The number of nitrogens with zero attached hydrogens (tertiary/aromatic N) is 3. The molecule has 0 bridgehead atoms. The molecule has 0 spiro atoms. The van der Waals surface area contributed by atoms with Gasteiger partial charge in [0.25, 0.3) is 5.91 Å². The smallest absolute Gasteiger partial charge is 0.325 e. The molecule has 0 saturated carbocycles. The first kappa shape index (κ1) is 29.5. The Balaban J connectivity index is 1.29. The van der Waals surface area contributed by atoms with E-state index in [0.717, 1.165) is 17.5 Å². The third-order valence-corrected chi connectivity index (χ3v) is 6.82. The summed E-state index contributed by atoms with van der Waals surface area (Å²) in [5, 5.41) is 9.04. The SMILES string of the molecule is CCOCCOc1cc2c(ccn2C(=O)NC)cc1Oc1ccnc(NC(=O)c2ccc(CN3CCNC(=O)C3)cc2)c1. The molecule has 12 nitrogen and oxygen atoms in total. The number of benzene rings is 2. The Morgan fingerprint density at radius 2 is 1.88 bits per heavy atom. The number of aromatic nitrogens is 2.